The highest BCUT2D eigenvalue weighted by atomic mass is 35.5. The van der Waals surface area contributed by atoms with Crippen LogP contribution in [-0.2, 0) is 11.2 Å². The first kappa shape index (κ1) is 27.6. The number of piperazine rings is 1. The SMILES string of the molecule is CC(=O)NCCNc1nc(-c2ccccc2)nc2[nH]c(C(=O)N3CCN(CCCc4ccccc4Cl)CC3)cc12. The second-order valence-corrected chi connectivity index (χ2v) is 10.4. The van der Waals surface area contributed by atoms with Gasteiger partial charge < -0.3 is 20.5 Å². The minimum Gasteiger partial charge on any atom is -0.368 e. The Balaban J connectivity index is 1.25. The molecule has 208 valence electrons. The minimum atomic E-state index is -0.0881. The maximum absolute atomic E-state index is 13.5. The van der Waals surface area contributed by atoms with Gasteiger partial charge in [-0.05, 0) is 37.1 Å². The molecule has 9 nitrogen and oxygen atoms in total. The van der Waals surface area contributed by atoms with Crippen molar-refractivity contribution in [3.05, 3.63) is 76.9 Å². The van der Waals surface area contributed by atoms with Gasteiger partial charge in [0.25, 0.3) is 5.91 Å². The van der Waals surface area contributed by atoms with E-state index in [0.29, 0.717) is 49.2 Å². The van der Waals surface area contributed by atoms with Gasteiger partial charge in [-0.1, -0.05) is 60.1 Å². The number of aryl methyl sites for hydroxylation is 1. The standard InChI is InChI=1S/C30H34ClN7O2/c1-21(39)32-13-14-33-28-24-20-26(34-29(24)36-27(35-28)23-9-3-2-4-10-23)30(40)38-18-16-37(17-19-38)15-7-11-22-8-5-6-12-25(22)31/h2-6,8-10,12,20H,7,11,13-19H2,1H3,(H,32,39)(H2,33,34,35,36). The third kappa shape index (κ3) is 6.78. The Morgan fingerprint density at radius 1 is 0.975 bits per heavy atom. The van der Waals surface area contributed by atoms with Crippen molar-refractivity contribution >= 4 is 40.3 Å². The number of benzene rings is 2. The highest BCUT2D eigenvalue weighted by molar-refractivity contribution is 6.31. The average Bonchev–Trinajstić information content (AvgIpc) is 3.41. The molecule has 1 saturated heterocycles. The summed E-state index contributed by atoms with van der Waals surface area (Å²) in [7, 11) is 0. The van der Waals surface area contributed by atoms with Crippen molar-refractivity contribution < 1.29 is 9.59 Å². The lowest BCUT2D eigenvalue weighted by molar-refractivity contribution is -0.118. The Morgan fingerprint density at radius 3 is 2.48 bits per heavy atom. The molecule has 2 amide bonds. The summed E-state index contributed by atoms with van der Waals surface area (Å²) >= 11 is 6.29. The van der Waals surface area contributed by atoms with Gasteiger partial charge in [0.05, 0.1) is 5.39 Å². The van der Waals surface area contributed by atoms with Crippen LogP contribution in [0.5, 0.6) is 0 Å². The third-order valence-corrected chi connectivity index (χ3v) is 7.45. The Kier molecular flexibility index (Phi) is 8.93. The van der Waals surface area contributed by atoms with Crippen molar-refractivity contribution in [1.82, 2.24) is 30.1 Å². The summed E-state index contributed by atoms with van der Waals surface area (Å²) in [6, 6.07) is 19.5. The van der Waals surface area contributed by atoms with Crippen molar-refractivity contribution in [2.24, 2.45) is 0 Å². The van der Waals surface area contributed by atoms with Crippen LogP contribution < -0.4 is 10.6 Å². The van der Waals surface area contributed by atoms with Gasteiger partial charge in [-0.15, -0.1) is 0 Å². The van der Waals surface area contributed by atoms with Crippen LogP contribution in [-0.4, -0.2) is 82.4 Å². The van der Waals surface area contributed by atoms with Crippen LogP contribution in [0.1, 0.15) is 29.4 Å². The zero-order chi connectivity index (χ0) is 27.9. The predicted molar refractivity (Wildman–Crippen MR) is 159 cm³/mol. The molecular weight excluding hydrogens is 526 g/mol. The number of nitrogens with zero attached hydrogens (tertiary/aromatic N) is 4. The fourth-order valence-electron chi connectivity index (χ4n) is 4.93. The number of anilines is 1. The van der Waals surface area contributed by atoms with Crippen LogP contribution in [0.3, 0.4) is 0 Å². The number of aromatic amines is 1. The molecule has 10 heteroatoms. The summed E-state index contributed by atoms with van der Waals surface area (Å²) in [5.41, 5.74) is 3.14. The quantitative estimate of drug-likeness (QED) is 0.251. The molecule has 1 aliphatic rings. The normalized spacial score (nSPS) is 13.9. The molecule has 0 atom stereocenters. The Labute approximate surface area is 238 Å². The highest BCUT2D eigenvalue weighted by Crippen LogP contribution is 2.26. The molecule has 0 radical (unpaired) electrons. The number of hydrogen-bond acceptors (Lipinski definition) is 6. The minimum absolute atomic E-state index is 0.0424. The van der Waals surface area contributed by atoms with Gasteiger partial charge in [0, 0.05) is 56.8 Å². The molecule has 0 saturated carbocycles. The summed E-state index contributed by atoms with van der Waals surface area (Å²) in [6.45, 7) is 6.43. The molecule has 2 aromatic heterocycles. The third-order valence-electron chi connectivity index (χ3n) is 7.08. The number of carbonyl (C=O) groups is 2. The fraction of sp³-hybridized carbons (Fsp3) is 0.333. The van der Waals surface area contributed by atoms with Gasteiger partial charge in [0.2, 0.25) is 5.91 Å². The molecule has 2 aromatic carbocycles. The second-order valence-electron chi connectivity index (χ2n) is 9.95. The molecule has 4 aromatic rings. The lowest BCUT2D eigenvalue weighted by atomic mass is 10.1. The van der Waals surface area contributed by atoms with Crippen molar-refractivity contribution in [2.45, 2.75) is 19.8 Å². The average molecular weight is 560 g/mol. The van der Waals surface area contributed by atoms with Gasteiger partial charge in [0.1, 0.15) is 17.2 Å². The smallest absolute Gasteiger partial charge is 0.270 e. The number of aromatic nitrogens is 3. The number of fused-ring (bicyclic) bond motifs is 1. The maximum Gasteiger partial charge on any atom is 0.270 e. The molecule has 3 heterocycles. The summed E-state index contributed by atoms with van der Waals surface area (Å²) in [6.07, 6.45) is 1.97. The molecule has 0 aliphatic carbocycles. The first-order valence-corrected chi connectivity index (χ1v) is 14.1. The van der Waals surface area contributed by atoms with E-state index in [2.05, 4.69) is 26.6 Å². The lowest BCUT2D eigenvalue weighted by Gasteiger charge is -2.34. The van der Waals surface area contributed by atoms with Crippen LogP contribution in [0.25, 0.3) is 22.4 Å². The van der Waals surface area contributed by atoms with Crippen LogP contribution in [0.4, 0.5) is 5.82 Å². The summed E-state index contributed by atoms with van der Waals surface area (Å²) in [4.78, 5) is 41.7. The summed E-state index contributed by atoms with van der Waals surface area (Å²) in [5.74, 6) is 1.04. The lowest BCUT2D eigenvalue weighted by Crippen LogP contribution is -2.49. The van der Waals surface area contributed by atoms with E-state index in [9.17, 15) is 9.59 Å². The van der Waals surface area contributed by atoms with E-state index in [-0.39, 0.29) is 11.8 Å². The van der Waals surface area contributed by atoms with E-state index >= 15 is 0 Å². The number of nitrogens with one attached hydrogen (secondary N) is 3. The zero-order valence-electron chi connectivity index (χ0n) is 22.6. The molecule has 0 bridgehead atoms. The van der Waals surface area contributed by atoms with E-state index in [1.54, 1.807) is 0 Å². The summed E-state index contributed by atoms with van der Waals surface area (Å²) in [5, 5.41) is 7.64. The zero-order valence-corrected chi connectivity index (χ0v) is 23.4. The molecule has 0 unspecified atom stereocenters. The fourth-order valence-corrected chi connectivity index (χ4v) is 5.16. The van der Waals surface area contributed by atoms with Gasteiger partial charge >= 0.3 is 0 Å². The van der Waals surface area contributed by atoms with E-state index in [1.165, 1.54) is 12.5 Å². The number of amides is 2. The highest BCUT2D eigenvalue weighted by Gasteiger charge is 2.24. The van der Waals surface area contributed by atoms with Crippen molar-refractivity contribution in [2.75, 3.05) is 51.1 Å². The van der Waals surface area contributed by atoms with E-state index in [1.807, 2.05) is 59.5 Å². The molecule has 0 spiro atoms. The number of H-pyrrole nitrogens is 1. The second kappa shape index (κ2) is 12.9. The summed E-state index contributed by atoms with van der Waals surface area (Å²) < 4.78 is 0. The molecule has 1 aliphatic heterocycles. The van der Waals surface area contributed by atoms with Crippen LogP contribution in [0, 0.1) is 0 Å². The van der Waals surface area contributed by atoms with Gasteiger partial charge in [-0.3, -0.25) is 14.5 Å². The Hall–Kier alpha value is -3.95. The topological polar surface area (TPSA) is 106 Å². The molecule has 1 fully saturated rings. The van der Waals surface area contributed by atoms with E-state index in [4.69, 9.17) is 21.6 Å². The van der Waals surface area contributed by atoms with E-state index < -0.39 is 0 Å². The van der Waals surface area contributed by atoms with Crippen molar-refractivity contribution in [3.63, 3.8) is 0 Å². The van der Waals surface area contributed by atoms with Crippen LogP contribution in [0.15, 0.2) is 60.7 Å². The van der Waals surface area contributed by atoms with Crippen LogP contribution in [0.2, 0.25) is 5.02 Å². The van der Waals surface area contributed by atoms with Crippen LogP contribution >= 0.6 is 11.6 Å². The number of carbonyl (C=O) groups excluding carboxylic acids is 2. The number of hydrogen-bond donors (Lipinski definition) is 3. The molecule has 40 heavy (non-hydrogen) atoms. The number of halogens is 1. The Bertz CT molecular complexity index is 1470. The first-order chi connectivity index (χ1) is 19.5. The monoisotopic (exact) mass is 559 g/mol. The van der Waals surface area contributed by atoms with Crippen molar-refractivity contribution in [1.29, 1.82) is 0 Å². The van der Waals surface area contributed by atoms with E-state index in [0.717, 1.165) is 48.4 Å². The predicted octanol–water partition coefficient (Wildman–Crippen LogP) is 4.22. The largest absolute Gasteiger partial charge is 0.368 e. The number of rotatable bonds is 10. The maximum atomic E-state index is 13.5. The molecule has 5 rings (SSSR count). The van der Waals surface area contributed by atoms with Gasteiger partial charge in [-0.25, -0.2) is 9.97 Å². The first-order valence-electron chi connectivity index (χ1n) is 13.7. The van der Waals surface area contributed by atoms with Gasteiger partial charge in [0.15, 0.2) is 5.82 Å². The molecule has 3 N–H and O–H groups in total. The van der Waals surface area contributed by atoms with Gasteiger partial charge in [-0.2, -0.15) is 0 Å². The molecular formula is C30H34ClN7O2. The van der Waals surface area contributed by atoms with Crippen molar-refractivity contribution in [3.8, 4) is 11.4 Å². The Morgan fingerprint density at radius 2 is 1.73 bits per heavy atom.